The minimum absolute atomic E-state index is 0.00751. The van der Waals surface area contributed by atoms with Gasteiger partial charge in [-0.05, 0) is 37.6 Å². The monoisotopic (exact) mass is 362 g/mol. The number of aryl methyl sites for hydroxylation is 1. The molecule has 2 aliphatic heterocycles. The predicted molar refractivity (Wildman–Crippen MR) is 104 cm³/mol. The van der Waals surface area contributed by atoms with Crippen molar-refractivity contribution in [2.75, 3.05) is 11.9 Å². The minimum Gasteiger partial charge on any atom is -0.486 e. The number of carbonyl (C=O) groups is 2. The lowest BCUT2D eigenvalue weighted by molar-refractivity contribution is -0.146. The molecule has 0 radical (unpaired) electrons. The third-order valence-electron chi connectivity index (χ3n) is 5.18. The molecule has 1 fully saturated rings. The molecular weight excluding hydrogens is 340 g/mol. The van der Waals surface area contributed by atoms with Crippen molar-refractivity contribution < 1.29 is 14.3 Å². The molecule has 2 atom stereocenters. The fourth-order valence-electron chi connectivity index (χ4n) is 3.56. The molecule has 5 nitrogen and oxygen atoms in total. The standard InChI is InChI=1S/C22H22N2O3/c1-14-7-3-5-9-18(14)23-22(26)21(24-12-11-20(24)25)17-13-16-8-4-6-10-19(16)27-15(17)2/h3-10,13,15,21H,11-12H2,1-2H3,(H,23,26)/t15-,21-/m0/s1. The van der Waals surface area contributed by atoms with E-state index >= 15 is 0 Å². The summed E-state index contributed by atoms with van der Waals surface area (Å²) in [5.74, 6) is 0.576. The van der Waals surface area contributed by atoms with E-state index in [0.29, 0.717) is 13.0 Å². The average molecular weight is 362 g/mol. The maximum Gasteiger partial charge on any atom is 0.251 e. The number of rotatable bonds is 4. The summed E-state index contributed by atoms with van der Waals surface area (Å²) in [4.78, 5) is 27.0. The molecule has 1 saturated heterocycles. The van der Waals surface area contributed by atoms with Crippen LogP contribution in [0.3, 0.4) is 0 Å². The summed E-state index contributed by atoms with van der Waals surface area (Å²) in [5.41, 5.74) is 3.46. The van der Waals surface area contributed by atoms with Crippen molar-refractivity contribution >= 4 is 23.6 Å². The number of hydrogen-bond donors (Lipinski definition) is 1. The Morgan fingerprint density at radius 2 is 1.93 bits per heavy atom. The van der Waals surface area contributed by atoms with Crippen LogP contribution in [-0.4, -0.2) is 35.4 Å². The first kappa shape index (κ1) is 17.3. The van der Waals surface area contributed by atoms with Gasteiger partial charge in [-0.2, -0.15) is 0 Å². The summed E-state index contributed by atoms with van der Waals surface area (Å²) in [7, 11) is 0. The van der Waals surface area contributed by atoms with Gasteiger partial charge in [0.05, 0.1) is 0 Å². The number of likely N-dealkylation sites (tertiary alicyclic amines) is 1. The van der Waals surface area contributed by atoms with Crippen LogP contribution in [0.2, 0.25) is 0 Å². The molecule has 0 saturated carbocycles. The number of nitrogens with zero attached hydrogens (tertiary/aromatic N) is 1. The SMILES string of the molecule is Cc1ccccc1NC(=O)[C@H](C1=Cc2ccccc2O[C@H]1C)N1CCC1=O. The van der Waals surface area contributed by atoms with Crippen molar-refractivity contribution in [3.05, 3.63) is 65.2 Å². The zero-order valence-electron chi connectivity index (χ0n) is 15.4. The molecule has 2 heterocycles. The summed E-state index contributed by atoms with van der Waals surface area (Å²) < 4.78 is 6.02. The number of nitrogens with one attached hydrogen (secondary N) is 1. The first-order valence-corrected chi connectivity index (χ1v) is 9.18. The Balaban J connectivity index is 1.70. The van der Waals surface area contributed by atoms with Crippen LogP contribution >= 0.6 is 0 Å². The maximum atomic E-state index is 13.2. The fraction of sp³-hybridized carbons (Fsp3) is 0.273. The van der Waals surface area contributed by atoms with E-state index in [1.54, 1.807) is 4.90 Å². The Kier molecular flexibility index (Phi) is 4.44. The molecule has 27 heavy (non-hydrogen) atoms. The van der Waals surface area contributed by atoms with Gasteiger partial charge in [0.1, 0.15) is 17.9 Å². The number of carbonyl (C=O) groups excluding carboxylic acids is 2. The van der Waals surface area contributed by atoms with Gasteiger partial charge in [-0.15, -0.1) is 0 Å². The fourth-order valence-corrected chi connectivity index (χ4v) is 3.56. The molecule has 0 unspecified atom stereocenters. The Morgan fingerprint density at radius 1 is 1.19 bits per heavy atom. The molecule has 138 valence electrons. The average Bonchev–Trinajstić information content (AvgIpc) is 2.66. The topological polar surface area (TPSA) is 58.6 Å². The predicted octanol–water partition coefficient (Wildman–Crippen LogP) is 3.40. The first-order chi connectivity index (χ1) is 13.0. The van der Waals surface area contributed by atoms with Gasteiger partial charge in [0.15, 0.2) is 0 Å². The number of fused-ring (bicyclic) bond motifs is 1. The number of ether oxygens (including phenoxy) is 1. The van der Waals surface area contributed by atoms with Crippen LogP contribution in [0.15, 0.2) is 54.1 Å². The summed E-state index contributed by atoms with van der Waals surface area (Å²) in [6.45, 7) is 4.44. The highest BCUT2D eigenvalue weighted by Crippen LogP contribution is 2.34. The van der Waals surface area contributed by atoms with Crippen LogP contribution in [0, 0.1) is 6.92 Å². The lowest BCUT2D eigenvalue weighted by Crippen LogP contribution is -2.57. The van der Waals surface area contributed by atoms with Crippen molar-refractivity contribution in [3.8, 4) is 5.75 Å². The van der Waals surface area contributed by atoms with Crippen molar-refractivity contribution in [1.29, 1.82) is 0 Å². The van der Waals surface area contributed by atoms with Crippen LogP contribution in [0.1, 0.15) is 24.5 Å². The summed E-state index contributed by atoms with van der Waals surface area (Å²) in [6, 6.07) is 14.7. The van der Waals surface area contributed by atoms with Gasteiger partial charge in [-0.3, -0.25) is 9.59 Å². The quantitative estimate of drug-likeness (QED) is 0.848. The second kappa shape index (κ2) is 6.91. The molecule has 4 rings (SSSR count). The van der Waals surface area contributed by atoms with Crippen LogP contribution in [0.4, 0.5) is 5.69 Å². The van der Waals surface area contributed by atoms with Crippen molar-refractivity contribution in [2.24, 2.45) is 0 Å². The third kappa shape index (κ3) is 3.21. The Morgan fingerprint density at radius 3 is 2.63 bits per heavy atom. The molecule has 0 bridgehead atoms. The molecule has 2 amide bonds. The summed E-state index contributed by atoms with van der Waals surface area (Å²) in [6.07, 6.45) is 2.17. The van der Waals surface area contributed by atoms with E-state index in [9.17, 15) is 9.59 Å². The van der Waals surface area contributed by atoms with E-state index < -0.39 is 6.04 Å². The second-order valence-electron chi connectivity index (χ2n) is 6.99. The molecule has 0 spiro atoms. The van der Waals surface area contributed by atoms with E-state index in [0.717, 1.165) is 28.1 Å². The van der Waals surface area contributed by atoms with Gasteiger partial charge < -0.3 is 15.0 Å². The molecule has 0 aromatic heterocycles. The van der Waals surface area contributed by atoms with Crippen LogP contribution < -0.4 is 10.1 Å². The van der Waals surface area contributed by atoms with Gasteiger partial charge in [0.25, 0.3) is 5.91 Å². The van der Waals surface area contributed by atoms with Crippen molar-refractivity contribution in [3.63, 3.8) is 0 Å². The Labute approximate surface area is 158 Å². The van der Waals surface area contributed by atoms with E-state index in [1.807, 2.05) is 68.5 Å². The Bertz CT molecular complexity index is 935. The van der Waals surface area contributed by atoms with Crippen molar-refractivity contribution in [1.82, 2.24) is 4.90 Å². The highest BCUT2D eigenvalue weighted by atomic mass is 16.5. The zero-order valence-corrected chi connectivity index (χ0v) is 15.4. The second-order valence-corrected chi connectivity index (χ2v) is 6.99. The summed E-state index contributed by atoms with van der Waals surface area (Å²) in [5, 5.41) is 2.99. The summed E-state index contributed by atoms with van der Waals surface area (Å²) >= 11 is 0. The molecule has 5 heteroatoms. The number of amides is 2. The van der Waals surface area contributed by atoms with Crippen LogP contribution in [0.25, 0.3) is 6.08 Å². The molecule has 2 aromatic rings. The Hall–Kier alpha value is -3.08. The highest BCUT2D eigenvalue weighted by molar-refractivity contribution is 6.01. The van der Waals surface area contributed by atoms with E-state index in [-0.39, 0.29) is 17.9 Å². The maximum absolute atomic E-state index is 13.2. The number of hydrogen-bond acceptors (Lipinski definition) is 3. The third-order valence-corrected chi connectivity index (χ3v) is 5.18. The number of benzene rings is 2. The molecular formula is C22H22N2O3. The van der Waals surface area contributed by atoms with Gasteiger partial charge in [0, 0.05) is 29.8 Å². The van der Waals surface area contributed by atoms with Gasteiger partial charge in [-0.25, -0.2) is 0 Å². The van der Waals surface area contributed by atoms with Gasteiger partial charge in [0.2, 0.25) is 5.91 Å². The molecule has 2 aliphatic rings. The minimum atomic E-state index is -0.672. The van der Waals surface area contributed by atoms with E-state index in [1.165, 1.54) is 0 Å². The first-order valence-electron chi connectivity index (χ1n) is 9.18. The smallest absolute Gasteiger partial charge is 0.251 e. The normalized spacial score (nSPS) is 19.3. The highest BCUT2D eigenvalue weighted by Gasteiger charge is 2.41. The lowest BCUT2D eigenvalue weighted by atomic mass is 9.92. The van der Waals surface area contributed by atoms with E-state index in [2.05, 4.69) is 5.32 Å². The van der Waals surface area contributed by atoms with Crippen LogP contribution in [-0.2, 0) is 9.59 Å². The molecule has 0 aliphatic carbocycles. The number of anilines is 1. The van der Waals surface area contributed by atoms with Crippen LogP contribution in [0.5, 0.6) is 5.75 Å². The largest absolute Gasteiger partial charge is 0.486 e. The zero-order chi connectivity index (χ0) is 19.0. The molecule has 1 N–H and O–H groups in total. The van der Waals surface area contributed by atoms with Gasteiger partial charge >= 0.3 is 0 Å². The van der Waals surface area contributed by atoms with Gasteiger partial charge in [-0.1, -0.05) is 36.4 Å². The number of β-lactam (4-membered cyclic amide) rings is 1. The molecule has 2 aromatic carbocycles. The van der Waals surface area contributed by atoms with E-state index in [4.69, 9.17) is 4.74 Å². The lowest BCUT2D eigenvalue weighted by Gasteiger charge is -2.40. The van der Waals surface area contributed by atoms with Crippen molar-refractivity contribution in [2.45, 2.75) is 32.4 Å². The number of para-hydroxylation sites is 2.